The number of rotatable bonds is 3. The van der Waals surface area contributed by atoms with E-state index < -0.39 is 0 Å². The molecule has 4 heteroatoms. The van der Waals surface area contributed by atoms with E-state index in [0.717, 1.165) is 16.7 Å². The molecule has 102 valence electrons. The SMILES string of the molecule is Cn1cc(COc2ccc(Cl)cc2)c2cccc(F)c21. The first-order valence-corrected chi connectivity index (χ1v) is 6.64. The molecule has 1 heterocycles. The maximum absolute atomic E-state index is 13.8. The summed E-state index contributed by atoms with van der Waals surface area (Å²) < 4.78 is 21.3. The van der Waals surface area contributed by atoms with Crippen molar-refractivity contribution < 1.29 is 9.13 Å². The number of aromatic nitrogens is 1. The van der Waals surface area contributed by atoms with E-state index in [-0.39, 0.29) is 5.82 Å². The number of halogens is 2. The number of fused-ring (bicyclic) bond motifs is 1. The van der Waals surface area contributed by atoms with Crippen molar-refractivity contribution in [3.63, 3.8) is 0 Å². The average Bonchev–Trinajstić information content (AvgIpc) is 2.76. The predicted octanol–water partition coefficient (Wildman–Crippen LogP) is 4.55. The van der Waals surface area contributed by atoms with Gasteiger partial charge in [0.1, 0.15) is 18.2 Å². The molecular weight excluding hydrogens is 277 g/mol. The molecule has 3 rings (SSSR count). The van der Waals surface area contributed by atoms with Crippen molar-refractivity contribution in [2.75, 3.05) is 0 Å². The van der Waals surface area contributed by atoms with Crippen LogP contribution in [0.25, 0.3) is 10.9 Å². The summed E-state index contributed by atoms with van der Waals surface area (Å²) in [6.07, 6.45) is 1.89. The van der Waals surface area contributed by atoms with E-state index in [1.807, 2.05) is 31.4 Å². The topological polar surface area (TPSA) is 14.2 Å². The van der Waals surface area contributed by atoms with Crippen molar-refractivity contribution in [3.8, 4) is 5.75 Å². The quantitative estimate of drug-likeness (QED) is 0.690. The lowest BCUT2D eigenvalue weighted by Gasteiger charge is -2.05. The highest BCUT2D eigenvalue weighted by molar-refractivity contribution is 6.30. The van der Waals surface area contributed by atoms with E-state index in [4.69, 9.17) is 16.3 Å². The van der Waals surface area contributed by atoms with Crippen LogP contribution in [-0.4, -0.2) is 4.57 Å². The molecule has 0 fully saturated rings. The summed E-state index contributed by atoms with van der Waals surface area (Å²) in [5.74, 6) is 0.519. The zero-order valence-corrected chi connectivity index (χ0v) is 11.7. The number of nitrogens with zero attached hydrogens (tertiary/aromatic N) is 1. The van der Waals surface area contributed by atoms with Gasteiger partial charge in [0.25, 0.3) is 0 Å². The molecule has 0 saturated heterocycles. The Morgan fingerprint density at radius 3 is 2.65 bits per heavy atom. The minimum Gasteiger partial charge on any atom is -0.489 e. The van der Waals surface area contributed by atoms with Crippen molar-refractivity contribution >= 4 is 22.5 Å². The third-order valence-corrected chi connectivity index (χ3v) is 3.49. The van der Waals surface area contributed by atoms with Gasteiger partial charge in [-0.05, 0) is 30.3 Å². The Balaban J connectivity index is 1.88. The molecule has 1 aromatic heterocycles. The largest absolute Gasteiger partial charge is 0.489 e. The zero-order valence-electron chi connectivity index (χ0n) is 10.9. The van der Waals surface area contributed by atoms with Crippen LogP contribution in [0.2, 0.25) is 5.02 Å². The Labute approximate surface area is 121 Å². The van der Waals surface area contributed by atoms with E-state index in [9.17, 15) is 4.39 Å². The lowest BCUT2D eigenvalue weighted by Crippen LogP contribution is -1.94. The molecule has 2 nitrogen and oxygen atoms in total. The molecule has 0 bridgehead atoms. The minimum atomic E-state index is -0.220. The maximum Gasteiger partial charge on any atom is 0.147 e. The van der Waals surface area contributed by atoms with Crippen LogP contribution in [-0.2, 0) is 13.7 Å². The summed E-state index contributed by atoms with van der Waals surface area (Å²) in [4.78, 5) is 0. The normalized spacial score (nSPS) is 10.9. The molecule has 20 heavy (non-hydrogen) atoms. The maximum atomic E-state index is 13.8. The first kappa shape index (κ1) is 13.0. The standard InChI is InChI=1S/C16H13ClFNO/c1-19-9-11(14-3-2-4-15(18)16(14)19)10-20-13-7-5-12(17)6-8-13/h2-9H,10H2,1H3. The Kier molecular flexibility index (Phi) is 3.36. The second kappa shape index (κ2) is 5.17. The summed E-state index contributed by atoms with van der Waals surface area (Å²) in [6, 6.07) is 12.3. The van der Waals surface area contributed by atoms with Gasteiger partial charge < -0.3 is 9.30 Å². The van der Waals surface area contributed by atoms with Gasteiger partial charge in [0, 0.05) is 29.2 Å². The summed E-state index contributed by atoms with van der Waals surface area (Å²) in [6.45, 7) is 0.391. The number of aryl methyl sites for hydroxylation is 1. The third kappa shape index (κ3) is 2.37. The van der Waals surface area contributed by atoms with Gasteiger partial charge in [-0.15, -0.1) is 0 Å². The fourth-order valence-electron chi connectivity index (χ4n) is 2.31. The molecule has 0 saturated carbocycles. The minimum absolute atomic E-state index is 0.220. The summed E-state index contributed by atoms with van der Waals surface area (Å²) >= 11 is 5.83. The van der Waals surface area contributed by atoms with Gasteiger partial charge in [-0.1, -0.05) is 23.7 Å². The summed E-state index contributed by atoms with van der Waals surface area (Å²) in [5, 5.41) is 1.55. The molecule has 0 N–H and O–H groups in total. The molecule has 0 aliphatic carbocycles. The highest BCUT2D eigenvalue weighted by Crippen LogP contribution is 2.25. The lowest BCUT2D eigenvalue weighted by molar-refractivity contribution is 0.307. The first-order valence-electron chi connectivity index (χ1n) is 6.26. The summed E-state index contributed by atoms with van der Waals surface area (Å²) in [5.41, 5.74) is 1.55. The van der Waals surface area contributed by atoms with Gasteiger partial charge in [-0.25, -0.2) is 4.39 Å². The molecular formula is C16H13ClFNO. The molecule has 0 aliphatic rings. The van der Waals surface area contributed by atoms with Crippen molar-refractivity contribution in [2.45, 2.75) is 6.61 Å². The molecule has 2 aromatic carbocycles. The van der Waals surface area contributed by atoms with Crippen LogP contribution in [0.4, 0.5) is 4.39 Å². The first-order chi connectivity index (χ1) is 9.65. The van der Waals surface area contributed by atoms with Crippen LogP contribution >= 0.6 is 11.6 Å². The highest BCUT2D eigenvalue weighted by Gasteiger charge is 2.10. The molecule has 0 unspecified atom stereocenters. The van der Waals surface area contributed by atoms with Crippen molar-refractivity contribution in [1.82, 2.24) is 4.57 Å². The van der Waals surface area contributed by atoms with E-state index in [1.165, 1.54) is 6.07 Å². The van der Waals surface area contributed by atoms with Gasteiger partial charge in [0.2, 0.25) is 0 Å². The van der Waals surface area contributed by atoms with Gasteiger partial charge >= 0.3 is 0 Å². The van der Waals surface area contributed by atoms with E-state index in [1.54, 1.807) is 22.8 Å². The van der Waals surface area contributed by atoms with Gasteiger partial charge in [0.15, 0.2) is 0 Å². The molecule has 0 radical (unpaired) electrons. The van der Waals surface area contributed by atoms with Crippen molar-refractivity contribution in [3.05, 3.63) is 65.1 Å². The Hall–Kier alpha value is -2.00. The average molecular weight is 290 g/mol. The van der Waals surface area contributed by atoms with Crippen LogP contribution in [0.5, 0.6) is 5.75 Å². The lowest BCUT2D eigenvalue weighted by atomic mass is 10.2. The van der Waals surface area contributed by atoms with Crippen LogP contribution in [0.15, 0.2) is 48.7 Å². The second-order valence-electron chi connectivity index (χ2n) is 4.64. The fourth-order valence-corrected chi connectivity index (χ4v) is 2.43. The van der Waals surface area contributed by atoms with Crippen molar-refractivity contribution in [1.29, 1.82) is 0 Å². The van der Waals surface area contributed by atoms with Gasteiger partial charge in [-0.2, -0.15) is 0 Å². The van der Waals surface area contributed by atoms with E-state index in [0.29, 0.717) is 17.1 Å². The smallest absolute Gasteiger partial charge is 0.147 e. The van der Waals surface area contributed by atoms with Gasteiger partial charge in [0.05, 0.1) is 5.52 Å². The van der Waals surface area contributed by atoms with E-state index in [2.05, 4.69) is 0 Å². The van der Waals surface area contributed by atoms with E-state index >= 15 is 0 Å². The predicted molar refractivity (Wildman–Crippen MR) is 78.7 cm³/mol. The Bertz CT molecular complexity index is 749. The molecule has 0 aliphatic heterocycles. The third-order valence-electron chi connectivity index (χ3n) is 3.24. The monoisotopic (exact) mass is 289 g/mol. The number of ether oxygens (including phenoxy) is 1. The fraction of sp³-hybridized carbons (Fsp3) is 0.125. The Morgan fingerprint density at radius 2 is 1.90 bits per heavy atom. The highest BCUT2D eigenvalue weighted by atomic mass is 35.5. The van der Waals surface area contributed by atoms with Crippen LogP contribution in [0, 0.1) is 5.82 Å². The number of benzene rings is 2. The van der Waals surface area contributed by atoms with Gasteiger partial charge in [-0.3, -0.25) is 0 Å². The molecule has 3 aromatic rings. The van der Waals surface area contributed by atoms with Crippen molar-refractivity contribution in [2.24, 2.45) is 7.05 Å². The van der Waals surface area contributed by atoms with Crippen LogP contribution in [0.1, 0.15) is 5.56 Å². The molecule has 0 amide bonds. The second-order valence-corrected chi connectivity index (χ2v) is 5.08. The van der Waals surface area contributed by atoms with Crippen LogP contribution < -0.4 is 4.74 Å². The number of hydrogen-bond donors (Lipinski definition) is 0. The summed E-state index contributed by atoms with van der Waals surface area (Å²) in [7, 11) is 1.83. The molecule has 0 spiro atoms. The molecule has 0 atom stereocenters. The number of hydrogen-bond acceptors (Lipinski definition) is 1. The zero-order chi connectivity index (χ0) is 14.1. The van der Waals surface area contributed by atoms with Crippen LogP contribution in [0.3, 0.4) is 0 Å². The number of para-hydroxylation sites is 1. The Morgan fingerprint density at radius 1 is 1.15 bits per heavy atom.